The van der Waals surface area contributed by atoms with Crippen molar-refractivity contribution in [1.29, 1.82) is 0 Å². The zero-order chi connectivity index (χ0) is 25.2. The Morgan fingerprint density at radius 3 is 2.61 bits per heavy atom. The van der Waals surface area contributed by atoms with Crippen molar-refractivity contribution in [3.8, 4) is 17.2 Å². The molecule has 0 aliphatic carbocycles. The maximum atomic E-state index is 13.7. The van der Waals surface area contributed by atoms with E-state index in [1.807, 2.05) is 55.5 Å². The third kappa shape index (κ3) is 4.29. The number of aryl methyl sites for hydroxylation is 1. The molecule has 0 bridgehead atoms. The number of carbonyl (C=O) groups excluding carboxylic acids is 1. The fourth-order valence-electron chi connectivity index (χ4n) is 4.09. The van der Waals surface area contributed by atoms with E-state index in [2.05, 4.69) is 10.3 Å². The van der Waals surface area contributed by atoms with Crippen LogP contribution in [0.3, 0.4) is 0 Å². The van der Waals surface area contributed by atoms with Crippen molar-refractivity contribution < 1.29 is 14.3 Å². The second kappa shape index (κ2) is 9.79. The zero-order valence-electron chi connectivity index (χ0n) is 20.0. The van der Waals surface area contributed by atoms with Crippen LogP contribution in [0, 0.1) is 6.92 Å². The van der Waals surface area contributed by atoms with E-state index in [-0.39, 0.29) is 17.2 Å². The van der Waals surface area contributed by atoms with Crippen LogP contribution >= 0.6 is 11.8 Å². The molecule has 9 heteroatoms. The summed E-state index contributed by atoms with van der Waals surface area (Å²) in [4.78, 5) is 34.7. The van der Waals surface area contributed by atoms with Gasteiger partial charge in [-0.05, 0) is 36.8 Å². The molecule has 0 aliphatic heterocycles. The molecule has 0 atom stereocenters. The number of nitrogens with zero attached hydrogens (tertiary/aromatic N) is 2. The Labute approximate surface area is 211 Å². The van der Waals surface area contributed by atoms with Gasteiger partial charge in [-0.3, -0.25) is 14.2 Å². The van der Waals surface area contributed by atoms with Gasteiger partial charge in [0.05, 0.1) is 31.3 Å². The van der Waals surface area contributed by atoms with Gasteiger partial charge in [0, 0.05) is 17.0 Å². The van der Waals surface area contributed by atoms with E-state index in [0.717, 1.165) is 16.5 Å². The minimum absolute atomic E-state index is 0.0343. The molecule has 182 valence electrons. The predicted octanol–water partition coefficient (Wildman–Crippen LogP) is 4.92. The largest absolute Gasteiger partial charge is 0.497 e. The molecule has 0 unspecified atom stereocenters. The van der Waals surface area contributed by atoms with Crippen LogP contribution in [0.4, 0.5) is 5.69 Å². The fraction of sp³-hybridized carbons (Fsp3) is 0.148. The summed E-state index contributed by atoms with van der Waals surface area (Å²) in [5.74, 6) is 0.881. The highest BCUT2D eigenvalue weighted by atomic mass is 32.2. The average molecular weight is 501 g/mol. The lowest BCUT2D eigenvalue weighted by molar-refractivity contribution is -0.113. The number of ether oxygens (including phenoxy) is 2. The number of para-hydroxylation sites is 2. The molecule has 1 amide bonds. The van der Waals surface area contributed by atoms with E-state index in [4.69, 9.17) is 14.5 Å². The number of fused-ring (bicyclic) bond motifs is 3. The predicted molar refractivity (Wildman–Crippen MR) is 143 cm³/mol. The number of benzene rings is 3. The van der Waals surface area contributed by atoms with Gasteiger partial charge in [-0.15, -0.1) is 0 Å². The maximum Gasteiger partial charge on any atom is 0.283 e. The van der Waals surface area contributed by atoms with Gasteiger partial charge < -0.3 is 19.8 Å². The topological polar surface area (TPSA) is 98.2 Å². The summed E-state index contributed by atoms with van der Waals surface area (Å²) >= 11 is 1.20. The molecule has 0 spiro atoms. The third-order valence-corrected chi connectivity index (χ3v) is 6.80. The molecule has 0 saturated carbocycles. The normalized spacial score (nSPS) is 11.1. The van der Waals surface area contributed by atoms with Crippen molar-refractivity contribution in [2.75, 3.05) is 25.3 Å². The Kier molecular flexibility index (Phi) is 6.39. The molecule has 0 aliphatic rings. The fourth-order valence-corrected chi connectivity index (χ4v) is 4.89. The summed E-state index contributed by atoms with van der Waals surface area (Å²) in [6.07, 6.45) is 0. The van der Waals surface area contributed by atoms with Crippen LogP contribution in [0.1, 0.15) is 5.56 Å². The van der Waals surface area contributed by atoms with Crippen molar-refractivity contribution >= 4 is 45.3 Å². The second-order valence-electron chi connectivity index (χ2n) is 8.12. The van der Waals surface area contributed by atoms with Crippen LogP contribution in [0.2, 0.25) is 0 Å². The molecule has 3 aromatic carbocycles. The Hall–Kier alpha value is -4.24. The smallest absolute Gasteiger partial charge is 0.283 e. The maximum absolute atomic E-state index is 13.7. The number of hydrogen-bond acceptors (Lipinski definition) is 6. The molecule has 2 heterocycles. The average Bonchev–Trinajstić information content (AvgIpc) is 3.27. The van der Waals surface area contributed by atoms with E-state index < -0.39 is 0 Å². The molecule has 5 aromatic rings. The van der Waals surface area contributed by atoms with E-state index in [9.17, 15) is 9.59 Å². The van der Waals surface area contributed by atoms with Crippen LogP contribution in [-0.4, -0.2) is 40.4 Å². The van der Waals surface area contributed by atoms with Gasteiger partial charge in [0.25, 0.3) is 5.56 Å². The Morgan fingerprint density at radius 2 is 1.83 bits per heavy atom. The first-order valence-electron chi connectivity index (χ1n) is 11.2. The van der Waals surface area contributed by atoms with Crippen molar-refractivity contribution in [3.63, 3.8) is 0 Å². The number of anilines is 1. The van der Waals surface area contributed by atoms with Gasteiger partial charge in [-0.25, -0.2) is 4.98 Å². The van der Waals surface area contributed by atoms with Gasteiger partial charge in [0.15, 0.2) is 5.16 Å². The van der Waals surface area contributed by atoms with Crippen LogP contribution in [0.15, 0.2) is 76.7 Å². The van der Waals surface area contributed by atoms with Gasteiger partial charge in [-0.2, -0.15) is 0 Å². The monoisotopic (exact) mass is 500 g/mol. The summed E-state index contributed by atoms with van der Waals surface area (Å²) in [6, 6.07) is 20.4. The van der Waals surface area contributed by atoms with E-state index in [1.54, 1.807) is 29.9 Å². The standard InChI is InChI=1S/C27H24N4O4S/c1-16-8-4-7-11-21(16)31-26(33)25-24(18-9-5-6-10-19(18)29-25)30-27(31)36-15-23(32)28-20-14-17(34-2)12-13-22(20)35-3/h4-14,29H,15H2,1-3H3,(H,28,32). The highest BCUT2D eigenvalue weighted by Gasteiger charge is 2.19. The van der Waals surface area contributed by atoms with Crippen molar-refractivity contribution in [3.05, 3.63) is 82.6 Å². The van der Waals surface area contributed by atoms with Crippen LogP contribution < -0.4 is 20.3 Å². The molecule has 2 N–H and O–H groups in total. The first-order chi connectivity index (χ1) is 17.5. The quantitative estimate of drug-likeness (QED) is 0.243. The Morgan fingerprint density at radius 1 is 1.06 bits per heavy atom. The number of thioether (sulfide) groups is 1. The SMILES string of the molecule is COc1ccc(OC)c(NC(=O)CSc2nc3c([nH]c4ccccc43)c(=O)n2-c2ccccc2C)c1. The first-order valence-corrected chi connectivity index (χ1v) is 12.2. The number of rotatable bonds is 7. The summed E-state index contributed by atoms with van der Waals surface area (Å²) in [5, 5.41) is 4.15. The van der Waals surface area contributed by atoms with Crippen LogP contribution in [-0.2, 0) is 4.79 Å². The minimum atomic E-state index is -0.267. The first kappa shape index (κ1) is 23.5. The number of aromatic amines is 1. The molecule has 0 fully saturated rings. The minimum Gasteiger partial charge on any atom is -0.497 e. The lowest BCUT2D eigenvalue weighted by atomic mass is 10.2. The molecule has 0 radical (unpaired) electrons. The van der Waals surface area contributed by atoms with Crippen molar-refractivity contribution in [1.82, 2.24) is 14.5 Å². The van der Waals surface area contributed by atoms with Crippen LogP contribution in [0.25, 0.3) is 27.6 Å². The summed E-state index contributed by atoms with van der Waals surface area (Å²) in [6.45, 7) is 1.94. The number of H-pyrrole nitrogens is 1. The molecule has 0 saturated heterocycles. The molecule has 36 heavy (non-hydrogen) atoms. The number of carbonyl (C=O) groups is 1. The van der Waals surface area contributed by atoms with E-state index in [0.29, 0.717) is 39.1 Å². The molecule has 8 nitrogen and oxygen atoms in total. The van der Waals surface area contributed by atoms with Gasteiger partial charge in [0.2, 0.25) is 5.91 Å². The zero-order valence-corrected chi connectivity index (χ0v) is 20.8. The lowest BCUT2D eigenvalue weighted by Gasteiger charge is -2.15. The number of hydrogen-bond donors (Lipinski definition) is 2. The Balaban J connectivity index is 1.54. The Bertz CT molecular complexity index is 1660. The number of aromatic nitrogens is 3. The lowest BCUT2D eigenvalue weighted by Crippen LogP contribution is -2.23. The third-order valence-electron chi connectivity index (χ3n) is 5.86. The molecule has 5 rings (SSSR count). The summed E-state index contributed by atoms with van der Waals surface area (Å²) in [5.41, 5.74) is 3.75. The van der Waals surface area contributed by atoms with Crippen LogP contribution in [0.5, 0.6) is 11.5 Å². The highest BCUT2D eigenvalue weighted by molar-refractivity contribution is 7.99. The highest BCUT2D eigenvalue weighted by Crippen LogP contribution is 2.30. The van der Waals surface area contributed by atoms with Crippen molar-refractivity contribution in [2.24, 2.45) is 0 Å². The van der Waals surface area contributed by atoms with Gasteiger partial charge in [0.1, 0.15) is 22.5 Å². The van der Waals surface area contributed by atoms with E-state index in [1.165, 1.54) is 18.9 Å². The van der Waals surface area contributed by atoms with E-state index >= 15 is 0 Å². The van der Waals surface area contributed by atoms with Gasteiger partial charge in [-0.1, -0.05) is 48.2 Å². The summed E-state index contributed by atoms with van der Waals surface area (Å²) in [7, 11) is 3.09. The number of amides is 1. The summed E-state index contributed by atoms with van der Waals surface area (Å²) < 4.78 is 12.2. The number of nitrogens with one attached hydrogen (secondary N) is 2. The molecular formula is C27H24N4O4S. The molecular weight excluding hydrogens is 476 g/mol. The number of methoxy groups -OCH3 is 2. The van der Waals surface area contributed by atoms with Crippen molar-refractivity contribution in [2.45, 2.75) is 12.1 Å². The second-order valence-corrected chi connectivity index (χ2v) is 9.06. The van der Waals surface area contributed by atoms with Gasteiger partial charge >= 0.3 is 0 Å². The molecule has 2 aromatic heterocycles.